The molecule has 0 aliphatic heterocycles. The van der Waals surface area contributed by atoms with Crippen molar-refractivity contribution < 1.29 is 17.9 Å². The van der Waals surface area contributed by atoms with Gasteiger partial charge in [-0.2, -0.15) is 0 Å². The summed E-state index contributed by atoms with van der Waals surface area (Å²) in [5.41, 5.74) is 13.4. The molecule has 0 radical (unpaired) electrons. The van der Waals surface area contributed by atoms with Crippen LogP contribution in [0.4, 0.5) is 8.78 Å². The first-order chi connectivity index (χ1) is 12.4. The Hall–Kier alpha value is -2.90. The molecular formula is C18H20F2N4O2. The van der Waals surface area contributed by atoms with Crippen LogP contribution in [0.5, 0.6) is 5.75 Å². The van der Waals surface area contributed by atoms with Crippen molar-refractivity contribution in [2.45, 2.75) is 32.6 Å². The number of nitrogens with two attached hydrogens (primary N) is 2. The van der Waals surface area contributed by atoms with Gasteiger partial charge in [-0.3, -0.25) is 0 Å². The van der Waals surface area contributed by atoms with Gasteiger partial charge in [-0.15, -0.1) is 10.2 Å². The number of allylic oxidation sites excluding steroid dienone is 3. The van der Waals surface area contributed by atoms with Crippen molar-refractivity contribution in [2.24, 2.45) is 17.4 Å². The number of benzene rings is 1. The number of nitrogens with zero attached hydrogens (tertiary/aromatic N) is 2. The van der Waals surface area contributed by atoms with Gasteiger partial charge in [0.05, 0.1) is 5.92 Å². The number of hydrogen-bond donors (Lipinski definition) is 2. The molecular weight excluding hydrogens is 342 g/mol. The molecule has 26 heavy (non-hydrogen) atoms. The summed E-state index contributed by atoms with van der Waals surface area (Å²) in [7, 11) is 0. The third-order valence-corrected chi connectivity index (χ3v) is 4.40. The highest BCUT2D eigenvalue weighted by atomic mass is 19.1. The van der Waals surface area contributed by atoms with Crippen molar-refractivity contribution in [2.75, 3.05) is 0 Å². The van der Waals surface area contributed by atoms with Crippen LogP contribution < -0.4 is 16.2 Å². The highest BCUT2D eigenvalue weighted by Gasteiger charge is 2.30. The summed E-state index contributed by atoms with van der Waals surface area (Å²) in [6, 6.07) is 3.44. The number of rotatable bonds is 4. The van der Waals surface area contributed by atoms with Crippen LogP contribution in [0.15, 0.2) is 45.8 Å². The fourth-order valence-electron chi connectivity index (χ4n) is 3.03. The first-order valence-electron chi connectivity index (χ1n) is 8.25. The molecule has 1 heterocycles. The van der Waals surface area contributed by atoms with E-state index >= 15 is 0 Å². The molecule has 0 amide bonds. The molecule has 2 atom stereocenters. The number of hydrogen-bond acceptors (Lipinski definition) is 6. The molecule has 4 N–H and O–H groups in total. The molecule has 0 fully saturated rings. The molecule has 3 rings (SSSR count). The molecule has 0 bridgehead atoms. The molecule has 2 aromatic rings. The Morgan fingerprint density at radius 1 is 1.27 bits per heavy atom. The van der Waals surface area contributed by atoms with Crippen LogP contribution in [-0.4, -0.2) is 10.2 Å². The molecule has 138 valence electrons. The van der Waals surface area contributed by atoms with Gasteiger partial charge in [0.2, 0.25) is 17.5 Å². The fraction of sp³-hybridized carbons (Fsp3) is 0.333. The van der Waals surface area contributed by atoms with E-state index in [0.29, 0.717) is 17.5 Å². The van der Waals surface area contributed by atoms with Crippen LogP contribution in [-0.2, 0) is 0 Å². The number of aromatic nitrogens is 2. The van der Waals surface area contributed by atoms with Crippen LogP contribution in [0.2, 0.25) is 0 Å². The SMILES string of the molecule is Cc1nnc(C2CCC(C)C(/C=C(\N)Oc3c(F)cccc3F)=C2N)o1. The summed E-state index contributed by atoms with van der Waals surface area (Å²) in [6.45, 7) is 3.70. The lowest BCUT2D eigenvalue weighted by atomic mass is 9.80. The van der Waals surface area contributed by atoms with E-state index in [9.17, 15) is 8.78 Å². The smallest absolute Gasteiger partial charge is 0.225 e. The van der Waals surface area contributed by atoms with Crippen LogP contribution in [0.3, 0.4) is 0 Å². The van der Waals surface area contributed by atoms with Gasteiger partial charge in [0.25, 0.3) is 0 Å². The van der Waals surface area contributed by atoms with Gasteiger partial charge in [-0.25, -0.2) is 8.78 Å². The Bertz CT molecular complexity index is 856. The van der Waals surface area contributed by atoms with Crippen molar-refractivity contribution in [1.82, 2.24) is 10.2 Å². The number of para-hydroxylation sites is 1. The standard InChI is InChI=1S/C18H20F2N4O2/c1-9-6-7-11(18-24-23-10(2)25-18)16(22)12(9)8-15(21)26-17-13(19)4-3-5-14(17)20/h3-5,8-9,11H,6-7,21-22H2,1-2H3/b15-8+. The molecule has 0 saturated heterocycles. The molecule has 0 saturated carbocycles. The summed E-state index contributed by atoms with van der Waals surface area (Å²) < 4.78 is 38.1. The van der Waals surface area contributed by atoms with E-state index in [0.717, 1.165) is 30.5 Å². The Morgan fingerprint density at radius 2 is 1.96 bits per heavy atom. The van der Waals surface area contributed by atoms with Crippen LogP contribution in [0.1, 0.15) is 37.5 Å². The van der Waals surface area contributed by atoms with E-state index in [1.807, 2.05) is 6.92 Å². The van der Waals surface area contributed by atoms with E-state index in [4.69, 9.17) is 20.6 Å². The second kappa shape index (κ2) is 7.15. The van der Waals surface area contributed by atoms with Gasteiger partial charge < -0.3 is 20.6 Å². The highest BCUT2D eigenvalue weighted by Crippen LogP contribution is 2.38. The minimum absolute atomic E-state index is 0.0999. The maximum Gasteiger partial charge on any atom is 0.225 e. The van der Waals surface area contributed by atoms with Gasteiger partial charge in [0.15, 0.2) is 17.5 Å². The van der Waals surface area contributed by atoms with Gasteiger partial charge in [-0.05, 0) is 36.5 Å². The Labute approximate surface area is 149 Å². The molecule has 1 aromatic carbocycles. The number of ether oxygens (including phenoxy) is 1. The molecule has 1 aliphatic rings. The first-order valence-corrected chi connectivity index (χ1v) is 8.25. The first kappa shape index (κ1) is 17.9. The second-order valence-corrected chi connectivity index (χ2v) is 6.30. The minimum Gasteiger partial charge on any atom is -0.435 e. The zero-order chi connectivity index (χ0) is 18.8. The van der Waals surface area contributed by atoms with Crippen LogP contribution >= 0.6 is 0 Å². The Balaban J connectivity index is 1.91. The molecule has 1 aromatic heterocycles. The van der Waals surface area contributed by atoms with Gasteiger partial charge in [0, 0.05) is 18.7 Å². The van der Waals surface area contributed by atoms with E-state index in [1.165, 1.54) is 12.1 Å². The zero-order valence-corrected chi connectivity index (χ0v) is 14.5. The molecule has 6 nitrogen and oxygen atoms in total. The molecule has 2 unspecified atom stereocenters. The van der Waals surface area contributed by atoms with Gasteiger partial charge in [0.1, 0.15) is 0 Å². The molecule has 1 aliphatic carbocycles. The summed E-state index contributed by atoms with van der Waals surface area (Å²) in [5, 5.41) is 7.87. The van der Waals surface area contributed by atoms with Crippen LogP contribution in [0, 0.1) is 24.5 Å². The topological polar surface area (TPSA) is 100 Å². The number of halogens is 2. The van der Waals surface area contributed by atoms with E-state index in [1.54, 1.807) is 6.92 Å². The van der Waals surface area contributed by atoms with Crippen molar-refractivity contribution in [3.8, 4) is 5.75 Å². The predicted octanol–water partition coefficient (Wildman–Crippen LogP) is 3.26. The van der Waals surface area contributed by atoms with Crippen molar-refractivity contribution in [3.63, 3.8) is 0 Å². The largest absolute Gasteiger partial charge is 0.435 e. The molecule has 0 spiro atoms. The normalized spacial score (nSPS) is 21.2. The fourth-order valence-corrected chi connectivity index (χ4v) is 3.03. The van der Waals surface area contributed by atoms with E-state index in [-0.39, 0.29) is 17.7 Å². The van der Waals surface area contributed by atoms with Crippen molar-refractivity contribution in [3.05, 3.63) is 64.8 Å². The summed E-state index contributed by atoms with van der Waals surface area (Å²) >= 11 is 0. The highest BCUT2D eigenvalue weighted by molar-refractivity contribution is 5.36. The minimum atomic E-state index is -0.834. The zero-order valence-electron chi connectivity index (χ0n) is 14.5. The predicted molar refractivity (Wildman–Crippen MR) is 90.6 cm³/mol. The van der Waals surface area contributed by atoms with Crippen molar-refractivity contribution in [1.29, 1.82) is 0 Å². The maximum absolute atomic E-state index is 13.7. The average molecular weight is 362 g/mol. The maximum atomic E-state index is 13.7. The van der Waals surface area contributed by atoms with Gasteiger partial charge >= 0.3 is 0 Å². The lowest BCUT2D eigenvalue weighted by Gasteiger charge is -2.27. The summed E-state index contributed by atoms with van der Waals surface area (Å²) in [6.07, 6.45) is 3.08. The molecule has 8 heteroatoms. The van der Waals surface area contributed by atoms with E-state index < -0.39 is 17.4 Å². The van der Waals surface area contributed by atoms with Crippen molar-refractivity contribution >= 4 is 0 Å². The lowest BCUT2D eigenvalue weighted by molar-refractivity contribution is 0.362. The monoisotopic (exact) mass is 362 g/mol. The third kappa shape index (κ3) is 3.54. The number of aryl methyl sites for hydroxylation is 1. The van der Waals surface area contributed by atoms with E-state index in [2.05, 4.69) is 10.2 Å². The quantitative estimate of drug-likeness (QED) is 0.810. The Kier molecular flexibility index (Phi) is 4.92. The third-order valence-electron chi connectivity index (χ3n) is 4.40. The Morgan fingerprint density at radius 3 is 2.58 bits per heavy atom. The van der Waals surface area contributed by atoms with Crippen LogP contribution in [0.25, 0.3) is 0 Å². The average Bonchev–Trinajstić information content (AvgIpc) is 3.01. The summed E-state index contributed by atoms with van der Waals surface area (Å²) in [4.78, 5) is 0. The lowest BCUT2D eigenvalue weighted by Crippen LogP contribution is -2.23. The second-order valence-electron chi connectivity index (χ2n) is 6.30. The van der Waals surface area contributed by atoms with Gasteiger partial charge in [-0.1, -0.05) is 13.0 Å². The summed E-state index contributed by atoms with van der Waals surface area (Å²) in [5.74, 6) is -1.59.